The number of fused-ring (bicyclic) bond motifs is 3. The highest BCUT2D eigenvalue weighted by atomic mass is 31.2. The Morgan fingerprint density at radius 2 is 1.17 bits per heavy atom. The molecular formula is C31H27N2OP+2. The van der Waals surface area contributed by atoms with Crippen molar-refractivity contribution in [3.63, 3.8) is 0 Å². The molecular weight excluding hydrogens is 447 g/mol. The minimum absolute atomic E-state index is 0.931. The molecule has 4 heteroatoms. The van der Waals surface area contributed by atoms with Crippen LogP contribution in [0.15, 0.2) is 110 Å². The molecule has 170 valence electrons. The van der Waals surface area contributed by atoms with Gasteiger partial charge in [0.05, 0.1) is 5.30 Å². The Kier molecular flexibility index (Phi) is 5.05. The van der Waals surface area contributed by atoms with Crippen molar-refractivity contribution in [1.82, 2.24) is 0 Å². The Bertz CT molecular complexity index is 1650. The number of rotatable bonds is 3. The fourth-order valence-corrected chi connectivity index (χ4v) is 7.41. The second kappa shape index (κ2) is 8.15. The van der Waals surface area contributed by atoms with E-state index in [-0.39, 0.29) is 0 Å². The second-order valence-corrected chi connectivity index (χ2v) is 12.2. The second-order valence-electron chi connectivity index (χ2n) is 9.37. The van der Waals surface area contributed by atoms with Crippen molar-refractivity contribution in [2.45, 2.75) is 13.8 Å². The van der Waals surface area contributed by atoms with Crippen LogP contribution >= 0.6 is 7.14 Å². The van der Waals surface area contributed by atoms with E-state index in [0.29, 0.717) is 0 Å². The van der Waals surface area contributed by atoms with E-state index in [1.165, 1.54) is 16.8 Å². The van der Waals surface area contributed by atoms with Crippen LogP contribution in [-0.2, 0) is 4.57 Å². The number of aryl methyl sites for hydroxylation is 2. The molecule has 0 spiro atoms. The molecule has 3 aromatic carbocycles. The van der Waals surface area contributed by atoms with E-state index in [2.05, 4.69) is 121 Å². The zero-order valence-electron chi connectivity index (χ0n) is 20.1. The zero-order chi connectivity index (χ0) is 24.2. The molecule has 2 aromatic heterocycles. The molecule has 35 heavy (non-hydrogen) atoms. The van der Waals surface area contributed by atoms with Crippen molar-refractivity contribution in [2.75, 3.05) is 6.66 Å². The molecule has 0 saturated carbocycles. The number of benzene rings is 3. The van der Waals surface area contributed by atoms with Gasteiger partial charge in [-0.05, 0) is 43.3 Å². The first-order valence-electron chi connectivity index (χ1n) is 11.9. The van der Waals surface area contributed by atoms with Crippen LogP contribution in [-0.4, -0.2) is 6.66 Å². The predicted octanol–water partition coefficient (Wildman–Crippen LogP) is 5.45. The van der Waals surface area contributed by atoms with Crippen LogP contribution in [0.25, 0.3) is 33.6 Å². The minimum Gasteiger partial charge on any atom is -0.314 e. The summed E-state index contributed by atoms with van der Waals surface area (Å²) in [6, 6.07) is 29.4. The quantitative estimate of drug-likeness (QED) is 0.252. The summed E-state index contributed by atoms with van der Waals surface area (Å²) >= 11 is 0. The van der Waals surface area contributed by atoms with E-state index < -0.39 is 7.14 Å². The topological polar surface area (TPSA) is 24.8 Å². The summed E-state index contributed by atoms with van der Waals surface area (Å²) in [7, 11) is -2.72. The fraction of sp³-hybridized carbons (Fsp3) is 0.0968. The normalized spacial score (nSPS) is 16.1. The van der Waals surface area contributed by atoms with Gasteiger partial charge in [0.2, 0.25) is 11.4 Å². The molecule has 3 heterocycles. The van der Waals surface area contributed by atoms with Crippen molar-refractivity contribution in [3.05, 3.63) is 121 Å². The van der Waals surface area contributed by atoms with E-state index in [1.54, 1.807) is 0 Å². The summed E-state index contributed by atoms with van der Waals surface area (Å²) in [5.41, 5.74) is 9.06. The molecule has 1 aliphatic rings. The van der Waals surface area contributed by atoms with E-state index in [1.807, 2.05) is 18.8 Å². The van der Waals surface area contributed by atoms with E-state index in [0.717, 1.165) is 38.6 Å². The smallest absolute Gasteiger partial charge is 0.213 e. The first-order valence-corrected chi connectivity index (χ1v) is 14.0. The third kappa shape index (κ3) is 3.55. The highest BCUT2D eigenvalue weighted by Crippen LogP contribution is 2.50. The van der Waals surface area contributed by atoms with Gasteiger partial charge in [-0.3, -0.25) is 0 Å². The number of nitrogens with zero attached hydrogens (tertiary/aromatic N) is 2. The Morgan fingerprint density at radius 1 is 0.600 bits per heavy atom. The first-order chi connectivity index (χ1) is 16.9. The highest BCUT2D eigenvalue weighted by Gasteiger charge is 2.37. The Balaban J connectivity index is 1.39. The molecule has 3 nitrogen and oxygen atoms in total. The van der Waals surface area contributed by atoms with Crippen LogP contribution in [0, 0.1) is 13.8 Å². The lowest BCUT2D eigenvalue weighted by Gasteiger charge is -2.09. The third-order valence-corrected chi connectivity index (χ3v) is 9.66. The van der Waals surface area contributed by atoms with Crippen LogP contribution < -0.4 is 19.7 Å². The van der Waals surface area contributed by atoms with Gasteiger partial charge < -0.3 is 4.57 Å². The molecule has 6 rings (SSSR count). The number of hydrogen-bond donors (Lipinski definition) is 0. The maximum Gasteiger partial charge on any atom is 0.213 e. The number of para-hydroxylation sites is 2. The van der Waals surface area contributed by atoms with Crippen molar-refractivity contribution in [3.8, 4) is 33.6 Å². The van der Waals surface area contributed by atoms with Gasteiger partial charge in [0.25, 0.3) is 0 Å². The lowest BCUT2D eigenvalue weighted by Crippen LogP contribution is -2.34. The van der Waals surface area contributed by atoms with E-state index in [9.17, 15) is 4.57 Å². The fourth-order valence-electron chi connectivity index (χ4n) is 5.11. The third-order valence-electron chi connectivity index (χ3n) is 7.10. The van der Waals surface area contributed by atoms with Gasteiger partial charge >= 0.3 is 0 Å². The lowest BCUT2D eigenvalue weighted by atomic mass is 10.0. The molecule has 0 bridgehead atoms. The standard InChI is InChI=1S/C31H27N2OP/c1-22-8-4-6-10-28(22)32-17-14-24(15-18-32)25-12-13-26-27-16-19-33(29-11-7-5-9-23(29)2)21-31(27)35(3,34)30(26)20-25/h4-21H,1-3H3/q+2. The van der Waals surface area contributed by atoms with Gasteiger partial charge in [0.1, 0.15) is 7.14 Å². The van der Waals surface area contributed by atoms with Crippen LogP contribution in [0.1, 0.15) is 11.1 Å². The monoisotopic (exact) mass is 474 g/mol. The van der Waals surface area contributed by atoms with Crippen LogP contribution in [0.3, 0.4) is 0 Å². The Labute approximate surface area is 206 Å². The molecule has 0 radical (unpaired) electrons. The molecule has 1 aliphatic heterocycles. The van der Waals surface area contributed by atoms with Crippen molar-refractivity contribution in [1.29, 1.82) is 0 Å². The van der Waals surface area contributed by atoms with E-state index in [4.69, 9.17) is 0 Å². The zero-order valence-corrected chi connectivity index (χ0v) is 21.0. The van der Waals surface area contributed by atoms with Crippen molar-refractivity contribution < 1.29 is 13.7 Å². The lowest BCUT2D eigenvalue weighted by molar-refractivity contribution is -0.596. The summed E-state index contributed by atoms with van der Waals surface area (Å²) in [6.07, 6.45) is 8.32. The maximum absolute atomic E-state index is 14.2. The number of pyridine rings is 2. The summed E-state index contributed by atoms with van der Waals surface area (Å²) in [5, 5.41) is 1.88. The molecule has 1 atom stereocenters. The summed E-state index contributed by atoms with van der Waals surface area (Å²) in [5.74, 6) is 0. The minimum atomic E-state index is -2.72. The summed E-state index contributed by atoms with van der Waals surface area (Å²) in [6.45, 7) is 6.13. The van der Waals surface area contributed by atoms with Crippen LogP contribution in [0.5, 0.6) is 0 Å². The molecule has 5 aromatic rings. The molecule has 0 N–H and O–H groups in total. The van der Waals surface area contributed by atoms with Gasteiger partial charge in [-0.15, -0.1) is 0 Å². The molecule has 0 amide bonds. The van der Waals surface area contributed by atoms with Crippen molar-refractivity contribution >= 4 is 17.8 Å². The molecule has 0 saturated heterocycles. The van der Waals surface area contributed by atoms with Gasteiger partial charge in [-0.2, -0.15) is 9.13 Å². The Morgan fingerprint density at radius 3 is 1.83 bits per heavy atom. The van der Waals surface area contributed by atoms with Gasteiger partial charge in [0.15, 0.2) is 24.8 Å². The van der Waals surface area contributed by atoms with E-state index >= 15 is 0 Å². The average molecular weight is 475 g/mol. The first kappa shape index (κ1) is 21.7. The summed E-state index contributed by atoms with van der Waals surface area (Å²) < 4.78 is 18.4. The van der Waals surface area contributed by atoms with Gasteiger partial charge in [0, 0.05) is 52.3 Å². The van der Waals surface area contributed by atoms with Crippen LogP contribution in [0.2, 0.25) is 0 Å². The van der Waals surface area contributed by atoms with Gasteiger partial charge in [-0.25, -0.2) is 0 Å². The molecule has 1 unspecified atom stereocenters. The number of aromatic nitrogens is 2. The summed E-state index contributed by atoms with van der Waals surface area (Å²) in [4.78, 5) is 0. The predicted molar refractivity (Wildman–Crippen MR) is 143 cm³/mol. The highest BCUT2D eigenvalue weighted by molar-refractivity contribution is 7.79. The van der Waals surface area contributed by atoms with Gasteiger partial charge in [-0.1, -0.05) is 48.5 Å². The molecule has 0 fully saturated rings. The van der Waals surface area contributed by atoms with Crippen LogP contribution in [0.4, 0.5) is 0 Å². The largest absolute Gasteiger partial charge is 0.314 e. The average Bonchev–Trinajstić information content (AvgIpc) is 3.10. The van der Waals surface area contributed by atoms with Crippen molar-refractivity contribution in [2.24, 2.45) is 0 Å². The Hall–Kier alpha value is -3.81. The maximum atomic E-state index is 14.2. The molecule has 0 aliphatic carbocycles. The number of hydrogen-bond acceptors (Lipinski definition) is 1. The SMILES string of the molecule is Cc1ccccc1-[n+]1ccc(-c2ccc3c(c2)P(C)(=O)c2c[n+](-c4ccccc4C)ccc2-3)cc1.